The first-order chi connectivity index (χ1) is 7.84. The predicted molar refractivity (Wildman–Crippen MR) is 54.9 cm³/mol. The Labute approximate surface area is 102 Å². The number of halogens is 3. The smallest absolute Gasteiger partial charge is 0.308 e. The van der Waals surface area contributed by atoms with Gasteiger partial charge in [0.25, 0.3) is 6.43 Å². The van der Waals surface area contributed by atoms with E-state index in [1.54, 1.807) is 0 Å². The van der Waals surface area contributed by atoms with Crippen LogP contribution in [0.15, 0.2) is 10.7 Å². The minimum absolute atomic E-state index is 0.0102. The second-order valence-corrected chi connectivity index (χ2v) is 3.80. The van der Waals surface area contributed by atoms with Crippen molar-refractivity contribution in [2.24, 2.45) is 0 Å². The van der Waals surface area contributed by atoms with Gasteiger partial charge in [-0.05, 0) is 15.9 Å². The highest BCUT2D eigenvalue weighted by Gasteiger charge is 2.30. The number of rotatable bonds is 4. The minimum atomic E-state index is -3.14. The zero-order chi connectivity index (χ0) is 13.2. The first-order valence-electron chi connectivity index (χ1n) is 4.16. The summed E-state index contributed by atoms with van der Waals surface area (Å²) in [6, 6.07) is 0. The molecule has 0 radical (unpaired) electrons. The van der Waals surface area contributed by atoms with E-state index in [1.165, 1.54) is 0 Å². The molecule has 0 spiro atoms. The van der Waals surface area contributed by atoms with Crippen LogP contribution in [0.1, 0.15) is 17.7 Å². The highest BCUT2D eigenvalue weighted by Crippen LogP contribution is 2.34. The van der Waals surface area contributed by atoms with E-state index < -0.39 is 35.1 Å². The SMILES string of the molecule is O=C(O)Cc1c(Br)cnc(C(F)F)c1[N+](=O)[O-]. The first kappa shape index (κ1) is 13.4. The molecule has 0 unspecified atom stereocenters. The van der Waals surface area contributed by atoms with Gasteiger partial charge in [-0.1, -0.05) is 0 Å². The van der Waals surface area contributed by atoms with Crippen LogP contribution in [0.2, 0.25) is 0 Å². The Hall–Kier alpha value is -1.64. The Morgan fingerprint density at radius 3 is 2.65 bits per heavy atom. The van der Waals surface area contributed by atoms with Gasteiger partial charge in [-0.3, -0.25) is 14.9 Å². The average Bonchev–Trinajstić information content (AvgIpc) is 2.19. The molecular formula is C8H5BrF2N2O4. The van der Waals surface area contributed by atoms with Gasteiger partial charge in [-0.15, -0.1) is 0 Å². The fourth-order valence-corrected chi connectivity index (χ4v) is 1.65. The fraction of sp³-hybridized carbons (Fsp3) is 0.250. The van der Waals surface area contributed by atoms with Crippen LogP contribution >= 0.6 is 15.9 Å². The summed E-state index contributed by atoms with van der Waals surface area (Å²) in [6.45, 7) is 0. The maximum absolute atomic E-state index is 12.5. The monoisotopic (exact) mass is 310 g/mol. The van der Waals surface area contributed by atoms with Gasteiger partial charge < -0.3 is 5.11 Å². The van der Waals surface area contributed by atoms with Gasteiger partial charge in [-0.2, -0.15) is 0 Å². The van der Waals surface area contributed by atoms with Crippen LogP contribution in [0.5, 0.6) is 0 Å². The van der Waals surface area contributed by atoms with E-state index in [9.17, 15) is 23.7 Å². The van der Waals surface area contributed by atoms with E-state index in [1.807, 2.05) is 0 Å². The molecule has 0 aliphatic heterocycles. The third-order valence-electron chi connectivity index (χ3n) is 1.85. The second kappa shape index (κ2) is 5.13. The number of nitrogens with zero attached hydrogens (tertiary/aromatic N) is 2. The first-order valence-corrected chi connectivity index (χ1v) is 4.95. The number of hydrogen-bond acceptors (Lipinski definition) is 4. The topological polar surface area (TPSA) is 93.3 Å². The zero-order valence-corrected chi connectivity index (χ0v) is 9.65. The van der Waals surface area contributed by atoms with E-state index in [0.717, 1.165) is 6.20 Å². The summed E-state index contributed by atoms with van der Waals surface area (Å²) in [5.74, 6) is -1.36. The Balaban J connectivity index is 3.48. The van der Waals surface area contributed by atoms with E-state index in [4.69, 9.17) is 5.11 Å². The summed E-state index contributed by atoms with van der Waals surface area (Å²) in [5, 5.41) is 19.3. The van der Waals surface area contributed by atoms with Crippen molar-refractivity contribution in [1.29, 1.82) is 0 Å². The summed E-state index contributed by atoms with van der Waals surface area (Å²) in [6.07, 6.45) is -2.96. The molecule has 1 aromatic rings. The number of carbonyl (C=O) groups is 1. The predicted octanol–water partition coefficient (Wildman–Crippen LogP) is 2.32. The number of alkyl halides is 2. The van der Waals surface area contributed by atoms with Crippen LogP contribution in [-0.2, 0) is 11.2 Å². The molecule has 6 nitrogen and oxygen atoms in total. The molecular weight excluding hydrogens is 306 g/mol. The largest absolute Gasteiger partial charge is 0.481 e. The lowest BCUT2D eigenvalue weighted by Gasteiger charge is -2.06. The maximum Gasteiger partial charge on any atom is 0.308 e. The molecule has 17 heavy (non-hydrogen) atoms. The van der Waals surface area contributed by atoms with Crippen LogP contribution in [0.25, 0.3) is 0 Å². The van der Waals surface area contributed by atoms with Crippen molar-refractivity contribution in [2.45, 2.75) is 12.8 Å². The van der Waals surface area contributed by atoms with Gasteiger partial charge >= 0.3 is 11.7 Å². The van der Waals surface area contributed by atoms with Crippen LogP contribution in [0.3, 0.4) is 0 Å². The van der Waals surface area contributed by atoms with Crippen LogP contribution in [0, 0.1) is 10.1 Å². The van der Waals surface area contributed by atoms with E-state index in [0.29, 0.717) is 0 Å². The van der Waals surface area contributed by atoms with Crippen molar-refractivity contribution < 1.29 is 23.6 Å². The van der Waals surface area contributed by atoms with Crippen molar-refractivity contribution in [3.63, 3.8) is 0 Å². The van der Waals surface area contributed by atoms with E-state index in [-0.39, 0.29) is 10.0 Å². The molecule has 1 N–H and O–H groups in total. The zero-order valence-electron chi connectivity index (χ0n) is 8.06. The normalized spacial score (nSPS) is 10.6. The Bertz CT molecular complexity index is 481. The quantitative estimate of drug-likeness (QED) is 0.680. The van der Waals surface area contributed by atoms with Gasteiger partial charge in [0.15, 0.2) is 5.69 Å². The van der Waals surface area contributed by atoms with E-state index >= 15 is 0 Å². The van der Waals surface area contributed by atoms with E-state index in [2.05, 4.69) is 20.9 Å². The Morgan fingerprint density at radius 1 is 1.65 bits per heavy atom. The number of hydrogen-bond donors (Lipinski definition) is 1. The van der Waals surface area contributed by atoms with Crippen molar-refractivity contribution in [2.75, 3.05) is 0 Å². The number of pyridine rings is 1. The summed E-state index contributed by atoms with van der Waals surface area (Å²) >= 11 is 2.85. The van der Waals surface area contributed by atoms with Crippen molar-refractivity contribution in [3.8, 4) is 0 Å². The molecule has 0 aliphatic rings. The lowest BCUT2D eigenvalue weighted by atomic mass is 10.1. The van der Waals surface area contributed by atoms with Crippen LogP contribution < -0.4 is 0 Å². The van der Waals surface area contributed by atoms with Crippen molar-refractivity contribution >= 4 is 27.6 Å². The van der Waals surface area contributed by atoms with Gasteiger partial charge in [0.1, 0.15) is 0 Å². The molecule has 0 saturated heterocycles. The molecule has 92 valence electrons. The number of nitro groups is 1. The molecule has 0 aliphatic carbocycles. The van der Waals surface area contributed by atoms with Gasteiger partial charge in [-0.25, -0.2) is 13.8 Å². The third kappa shape index (κ3) is 2.93. The molecule has 0 saturated carbocycles. The maximum atomic E-state index is 12.5. The van der Waals surface area contributed by atoms with Crippen molar-refractivity contribution in [1.82, 2.24) is 4.98 Å². The molecule has 1 heterocycles. The number of aliphatic carboxylic acids is 1. The fourth-order valence-electron chi connectivity index (χ4n) is 1.22. The third-order valence-corrected chi connectivity index (χ3v) is 2.53. The molecule has 0 amide bonds. The second-order valence-electron chi connectivity index (χ2n) is 2.95. The summed E-state index contributed by atoms with van der Waals surface area (Å²) in [4.78, 5) is 23.4. The van der Waals surface area contributed by atoms with Gasteiger partial charge in [0.05, 0.1) is 16.9 Å². The van der Waals surface area contributed by atoms with Gasteiger partial charge in [0, 0.05) is 10.7 Å². The number of carboxylic acid groups (broad SMARTS) is 1. The lowest BCUT2D eigenvalue weighted by Crippen LogP contribution is -2.09. The lowest BCUT2D eigenvalue weighted by molar-refractivity contribution is -0.387. The number of carboxylic acids is 1. The Kier molecular flexibility index (Phi) is 4.05. The summed E-state index contributed by atoms with van der Waals surface area (Å²) < 4.78 is 25.0. The average molecular weight is 311 g/mol. The number of aromatic nitrogens is 1. The van der Waals surface area contributed by atoms with Crippen LogP contribution in [0.4, 0.5) is 14.5 Å². The molecule has 1 rings (SSSR count). The van der Waals surface area contributed by atoms with Crippen molar-refractivity contribution in [3.05, 3.63) is 32.0 Å². The van der Waals surface area contributed by atoms with Crippen LogP contribution in [-0.4, -0.2) is 21.0 Å². The highest BCUT2D eigenvalue weighted by atomic mass is 79.9. The minimum Gasteiger partial charge on any atom is -0.481 e. The Morgan fingerprint density at radius 2 is 2.24 bits per heavy atom. The molecule has 0 fully saturated rings. The standard InChI is InChI=1S/C8H5BrF2N2O4/c9-4-2-12-6(8(10)11)7(13(16)17)3(4)1-5(14)15/h2,8H,1H2,(H,14,15). The molecule has 1 aromatic heterocycles. The summed E-state index contributed by atoms with van der Waals surface area (Å²) in [5.41, 5.74) is -2.32. The molecule has 0 atom stereocenters. The highest BCUT2D eigenvalue weighted by molar-refractivity contribution is 9.10. The molecule has 0 bridgehead atoms. The van der Waals surface area contributed by atoms with Gasteiger partial charge in [0.2, 0.25) is 0 Å². The molecule has 0 aromatic carbocycles. The molecule has 9 heteroatoms. The summed E-state index contributed by atoms with van der Waals surface area (Å²) in [7, 11) is 0.